The molecule has 5 heteroatoms. The van der Waals surface area contributed by atoms with Crippen LogP contribution in [0.2, 0.25) is 0 Å². The molecule has 94 valence electrons. The van der Waals surface area contributed by atoms with Crippen molar-refractivity contribution in [2.24, 2.45) is 5.73 Å². The number of ether oxygens (including phenoxy) is 1. The maximum atomic E-state index is 13.6. The fourth-order valence-corrected chi connectivity index (χ4v) is 2.15. The van der Waals surface area contributed by atoms with Crippen LogP contribution in [0.5, 0.6) is 0 Å². The van der Waals surface area contributed by atoms with Crippen LogP contribution in [0.3, 0.4) is 0 Å². The molecular weight excluding hydrogens is 226 g/mol. The Morgan fingerprint density at radius 1 is 1.35 bits per heavy atom. The highest BCUT2D eigenvalue weighted by molar-refractivity contribution is 5.49. The number of nitrogens with two attached hydrogens (primary N) is 1. The van der Waals surface area contributed by atoms with Crippen LogP contribution >= 0.6 is 0 Å². The van der Waals surface area contributed by atoms with Crippen molar-refractivity contribution < 1.29 is 13.5 Å². The van der Waals surface area contributed by atoms with Crippen molar-refractivity contribution in [2.75, 3.05) is 24.5 Å². The van der Waals surface area contributed by atoms with Gasteiger partial charge in [0, 0.05) is 19.6 Å². The first-order valence-electron chi connectivity index (χ1n) is 5.66. The van der Waals surface area contributed by atoms with E-state index in [4.69, 9.17) is 10.5 Å². The Balaban J connectivity index is 2.26. The predicted octanol–water partition coefficient (Wildman–Crippen LogP) is 1.52. The number of hydrogen-bond acceptors (Lipinski definition) is 3. The fourth-order valence-electron chi connectivity index (χ4n) is 2.15. The molecule has 1 fully saturated rings. The number of halogens is 2. The predicted molar refractivity (Wildman–Crippen MR) is 62.0 cm³/mol. The summed E-state index contributed by atoms with van der Waals surface area (Å²) in [7, 11) is 0. The maximum absolute atomic E-state index is 13.6. The maximum Gasteiger partial charge on any atom is 0.149 e. The van der Waals surface area contributed by atoms with E-state index >= 15 is 0 Å². The molecule has 3 nitrogen and oxygen atoms in total. The van der Waals surface area contributed by atoms with Gasteiger partial charge in [-0.3, -0.25) is 0 Å². The van der Waals surface area contributed by atoms with Gasteiger partial charge in [-0.05, 0) is 19.1 Å². The number of anilines is 1. The minimum absolute atomic E-state index is 0.0149. The highest BCUT2D eigenvalue weighted by Crippen LogP contribution is 2.26. The largest absolute Gasteiger partial charge is 0.370 e. The zero-order chi connectivity index (χ0) is 12.4. The van der Waals surface area contributed by atoms with Crippen molar-refractivity contribution in [3.8, 4) is 0 Å². The molecule has 1 aromatic carbocycles. The van der Waals surface area contributed by atoms with Gasteiger partial charge in [0.15, 0.2) is 0 Å². The smallest absolute Gasteiger partial charge is 0.149 e. The van der Waals surface area contributed by atoms with Gasteiger partial charge in [-0.25, -0.2) is 8.78 Å². The minimum atomic E-state index is -0.546. The SMILES string of the molecule is CC1CN(c2c(F)cccc2F)CC(CN)O1. The molecule has 2 rings (SSSR count). The number of nitrogens with zero attached hydrogens (tertiary/aromatic N) is 1. The van der Waals surface area contributed by atoms with Gasteiger partial charge < -0.3 is 15.4 Å². The number of hydrogen-bond donors (Lipinski definition) is 1. The first-order valence-corrected chi connectivity index (χ1v) is 5.66. The summed E-state index contributed by atoms with van der Waals surface area (Å²) in [5, 5.41) is 0. The van der Waals surface area contributed by atoms with Gasteiger partial charge in [0.1, 0.15) is 17.3 Å². The molecule has 0 saturated carbocycles. The molecule has 0 radical (unpaired) electrons. The Morgan fingerprint density at radius 2 is 2.00 bits per heavy atom. The highest BCUT2D eigenvalue weighted by Gasteiger charge is 2.27. The van der Waals surface area contributed by atoms with E-state index in [-0.39, 0.29) is 17.9 Å². The molecule has 0 spiro atoms. The lowest BCUT2D eigenvalue weighted by Crippen LogP contribution is -2.49. The quantitative estimate of drug-likeness (QED) is 0.854. The minimum Gasteiger partial charge on any atom is -0.370 e. The molecular formula is C12H16F2N2O. The van der Waals surface area contributed by atoms with E-state index in [0.717, 1.165) is 0 Å². The zero-order valence-corrected chi connectivity index (χ0v) is 9.70. The van der Waals surface area contributed by atoms with Crippen molar-refractivity contribution in [2.45, 2.75) is 19.1 Å². The second kappa shape index (κ2) is 4.98. The zero-order valence-electron chi connectivity index (χ0n) is 9.70. The van der Waals surface area contributed by atoms with Gasteiger partial charge in [0.25, 0.3) is 0 Å². The third kappa shape index (κ3) is 2.56. The molecule has 0 bridgehead atoms. The Hall–Kier alpha value is -1.20. The monoisotopic (exact) mass is 242 g/mol. The molecule has 1 heterocycles. The van der Waals surface area contributed by atoms with Crippen LogP contribution < -0.4 is 10.6 Å². The average Bonchev–Trinajstić information content (AvgIpc) is 2.28. The molecule has 1 saturated heterocycles. The first-order chi connectivity index (χ1) is 8.11. The lowest BCUT2D eigenvalue weighted by molar-refractivity contribution is -0.0108. The van der Waals surface area contributed by atoms with Crippen LogP contribution in [0.25, 0.3) is 0 Å². The van der Waals surface area contributed by atoms with Crippen molar-refractivity contribution >= 4 is 5.69 Å². The van der Waals surface area contributed by atoms with E-state index in [0.29, 0.717) is 19.6 Å². The van der Waals surface area contributed by atoms with Gasteiger partial charge >= 0.3 is 0 Å². The highest BCUT2D eigenvalue weighted by atomic mass is 19.1. The molecule has 1 aliphatic rings. The first kappa shape index (κ1) is 12.3. The van der Waals surface area contributed by atoms with E-state index in [1.165, 1.54) is 18.2 Å². The standard InChI is InChI=1S/C12H16F2N2O/c1-8-6-16(7-9(5-15)17-8)12-10(13)3-2-4-11(12)14/h2-4,8-9H,5-7,15H2,1H3. The van der Waals surface area contributed by atoms with Gasteiger partial charge in [0.2, 0.25) is 0 Å². The average molecular weight is 242 g/mol. The van der Waals surface area contributed by atoms with Crippen LogP contribution in [0, 0.1) is 11.6 Å². The summed E-state index contributed by atoms with van der Waals surface area (Å²) in [5.74, 6) is -1.09. The molecule has 2 atom stereocenters. The van der Waals surface area contributed by atoms with Crippen LogP contribution in [-0.4, -0.2) is 31.8 Å². The summed E-state index contributed by atoms with van der Waals surface area (Å²) in [6.07, 6.45) is -0.269. The number of morpholine rings is 1. The topological polar surface area (TPSA) is 38.5 Å². The van der Waals surface area contributed by atoms with Crippen LogP contribution in [-0.2, 0) is 4.74 Å². The third-order valence-corrected chi connectivity index (χ3v) is 2.84. The molecule has 0 aliphatic carbocycles. The van der Waals surface area contributed by atoms with E-state index in [1.807, 2.05) is 6.92 Å². The van der Waals surface area contributed by atoms with E-state index < -0.39 is 11.6 Å². The Kier molecular flexibility index (Phi) is 3.59. The molecule has 0 aromatic heterocycles. The van der Waals surface area contributed by atoms with E-state index in [2.05, 4.69) is 0 Å². The van der Waals surface area contributed by atoms with Crippen molar-refractivity contribution in [3.63, 3.8) is 0 Å². The second-order valence-electron chi connectivity index (χ2n) is 4.28. The fraction of sp³-hybridized carbons (Fsp3) is 0.500. The van der Waals surface area contributed by atoms with Crippen molar-refractivity contribution in [1.82, 2.24) is 0 Å². The van der Waals surface area contributed by atoms with E-state index in [9.17, 15) is 8.78 Å². The van der Waals surface area contributed by atoms with Gasteiger partial charge in [-0.1, -0.05) is 6.07 Å². The summed E-state index contributed by atoms with van der Waals surface area (Å²) in [6, 6.07) is 3.88. The van der Waals surface area contributed by atoms with Crippen LogP contribution in [0.4, 0.5) is 14.5 Å². The normalized spacial score (nSPS) is 25.1. The summed E-state index contributed by atoms with van der Waals surface area (Å²) in [5.41, 5.74) is 5.56. The molecule has 2 unspecified atom stereocenters. The van der Waals surface area contributed by atoms with E-state index in [1.54, 1.807) is 4.90 Å². The molecule has 2 N–H and O–H groups in total. The van der Waals surface area contributed by atoms with Gasteiger partial charge in [0.05, 0.1) is 12.2 Å². The molecule has 1 aliphatic heterocycles. The summed E-state index contributed by atoms with van der Waals surface area (Å²) in [4.78, 5) is 1.66. The van der Waals surface area contributed by atoms with Gasteiger partial charge in [-0.2, -0.15) is 0 Å². The third-order valence-electron chi connectivity index (χ3n) is 2.84. The van der Waals surface area contributed by atoms with Crippen molar-refractivity contribution in [3.05, 3.63) is 29.8 Å². The number of rotatable bonds is 2. The number of para-hydroxylation sites is 1. The van der Waals surface area contributed by atoms with Crippen molar-refractivity contribution in [1.29, 1.82) is 0 Å². The molecule has 1 aromatic rings. The Morgan fingerprint density at radius 3 is 2.59 bits per heavy atom. The molecule has 0 amide bonds. The summed E-state index contributed by atoms with van der Waals surface area (Å²) >= 11 is 0. The van der Waals surface area contributed by atoms with Crippen LogP contribution in [0.15, 0.2) is 18.2 Å². The Labute approximate surface area is 99.2 Å². The van der Waals surface area contributed by atoms with Gasteiger partial charge in [-0.15, -0.1) is 0 Å². The molecule has 17 heavy (non-hydrogen) atoms. The lowest BCUT2D eigenvalue weighted by atomic mass is 10.1. The van der Waals surface area contributed by atoms with Crippen LogP contribution in [0.1, 0.15) is 6.92 Å². The summed E-state index contributed by atoms with van der Waals surface area (Å²) in [6.45, 7) is 3.09. The second-order valence-corrected chi connectivity index (χ2v) is 4.28. The summed E-state index contributed by atoms with van der Waals surface area (Å²) < 4.78 is 32.8. The lowest BCUT2D eigenvalue weighted by Gasteiger charge is -2.37. The number of benzene rings is 1. The Bertz CT molecular complexity index is 380.